The SMILES string of the molecule is C=C(C(C)C)N(C)CC(C)CCCCC. The quantitative estimate of drug-likeness (QED) is 0.541. The zero-order chi connectivity index (χ0) is 11.8. The fraction of sp³-hybridized carbons (Fsp3) is 0.857. The Morgan fingerprint density at radius 1 is 1.20 bits per heavy atom. The van der Waals surface area contributed by atoms with Crippen LogP contribution in [0.5, 0.6) is 0 Å². The lowest BCUT2D eigenvalue weighted by Crippen LogP contribution is -2.25. The molecule has 90 valence electrons. The topological polar surface area (TPSA) is 3.24 Å². The van der Waals surface area contributed by atoms with Gasteiger partial charge in [-0.25, -0.2) is 0 Å². The van der Waals surface area contributed by atoms with Gasteiger partial charge in [0, 0.05) is 19.3 Å². The van der Waals surface area contributed by atoms with Crippen LogP contribution in [0.2, 0.25) is 0 Å². The minimum atomic E-state index is 0.567. The maximum atomic E-state index is 4.13. The van der Waals surface area contributed by atoms with E-state index in [9.17, 15) is 0 Å². The van der Waals surface area contributed by atoms with Crippen LogP contribution < -0.4 is 0 Å². The van der Waals surface area contributed by atoms with E-state index in [1.807, 2.05) is 0 Å². The molecule has 0 saturated heterocycles. The van der Waals surface area contributed by atoms with Crippen molar-refractivity contribution in [1.29, 1.82) is 0 Å². The van der Waals surface area contributed by atoms with Gasteiger partial charge in [0.15, 0.2) is 0 Å². The molecule has 1 heteroatoms. The van der Waals surface area contributed by atoms with E-state index in [4.69, 9.17) is 0 Å². The Hall–Kier alpha value is -0.460. The van der Waals surface area contributed by atoms with Gasteiger partial charge in [-0.05, 0) is 18.3 Å². The predicted molar refractivity (Wildman–Crippen MR) is 69.9 cm³/mol. The average Bonchev–Trinajstić information content (AvgIpc) is 2.16. The molecule has 0 rings (SSSR count). The van der Waals surface area contributed by atoms with E-state index in [1.165, 1.54) is 31.4 Å². The van der Waals surface area contributed by atoms with Gasteiger partial charge in [-0.2, -0.15) is 0 Å². The van der Waals surface area contributed by atoms with Gasteiger partial charge in [0.2, 0.25) is 0 Å². The molecular weight excluding hydrogens is 182 g/mol. The number of nitrogens with zero attached hydrogens (tertiary/aromatic N) is 1. The molecule has 15 heavy (non-hydrogen) atoms. The Balaban J connectivity index is 3.75. The van der Waals surface area contributed by atoms with Crippen molar-refractivity contribution < 1.29 is 0 Å². The lowest BCUT2D eigenvalue weighted by Gasteiger charge is -2.27. The molecule has 0 aromatic heterocycles. The largest absolute Gasteiger partial charge is 0.378 e. The highest BCUT2D eigenvalue weighted by Gasteiger charge is 2.10. The molecule has 1 atom stereocenters. The standard InChI is InChI=1S/C14H29N/c1-7-8-9-10-13(4)11-15(6)14(5)12(2)3/h12-13H,5,7-11H2,1-4,6H3. The maximum Gasteiger partial charge on any atom is 0.0197 e. The number of allylic oxidation sites excluding steroid dienone is 1. The van der Waals surface area contributed by atoms with Gasteiger partial charge >= 0.3 is 0 Å². The number of unbranched alkanes of at least 4 members (excludes halogenated alkanes) is 2. The van der Waals surface area contributed by atoms with Crippen molar-refractivity contribution in [3.05, 3.63) is 12.3 Å². The molecule has 0 aliphatic rings. The molecule has 0 bridgehead atoms. The summed E-state index contributed by atoms with van der Waals surface area (Å²) < 4.78 is 0. The highest BCUT2D eigenvalue weighted by molar-refractivity contribution is 4.95. The first-order valence-corrected chi connectivity index (χ1v) is 6.38. The van der Waals surface area contributed by atoms with Crippen molar-refractivity contribution in [3.8, 4) is 0 Å². The van der Waals surface area contributed by atoms with Gasteiger partial charge in [-0.1, -0.05) is 53.5 Å². The van der Waals surface area contributed by atoms with Gasteiger partial charge in [0.05, 0.1) is 0 Å². The molecule has 0 aromatic carbocycles. The minimum Gasteiger partial charge on any atom is -0.378 e. The van der Waals surface area contributed by atoms with Gasteiger partial charge in [0.25, 0.3) is 0 Å². The van der Waals surface area contributed by atoms with Gasteiger partial charge in [-0.15, -0.1) is 0 Å². The normalized spacial score (nSPS) is 12.9. The summed E-state index contributed by atoms with van der Waals surface area (Å²) in [5.74, 6) is 1.36. The maximum absolute atomic E-state index is 4.13. The zero-order valence-electron chi connectivity index (χ0n) is 11.3. The summed E-state index contributed by atoms with van der Waals surface area (Å²) in [5.41, 5.74) is 1.26. The average molecular weight is 211 g/mol. The first-order valence-electron chi connectivity index (χ1n) is 6.38. The zero-order valence-corrected chi connectivity index (χ0v) is 11.3. The molecule has 1 nitrogen and oxygen atoms in total. The Morgan fingerprint density at radius 3 is 2.27 bits per heavy atom. The molecule has 0 spiro atoms. The van der Waals surface area contributed by atoms with E-state index < -0.39 is 0 Å². The third-order valence-corrected chi connectivity index (χ3v) is 3.04. The van der Waals surface area contributed by atoms with Crippen LogP contribution in [0.15, 0.2) is 12.3 Å². The Labute approximate surface area is 96.6 Å². The predicted octanol–water partition coefficient (Wildman–Crippen LogP) is 4.30. The Morgan fingerprint density at radius 2 is 1.80 bits per heavy atom. The van der Waals surface area contributed by atoms with E-state index in [1.54, 1.807) is 0 Å². The lowest BCUT2D eigenvalue weighted by molar-refractivity contribution is 0.307. The molecule has 0 aromatic rings. The lowest BCUT2D eigenvalue weighted by atomic mass is 10.0. The summed E-state index contributed by atoms with van der Waals surface area (Å²) in [6.07, 6.45) is 5.42. The van der Waals surface area contributed by atoms with Crippen LogP contribution in [0.1, 0.15) is 53.4 Å². The van der Waals surface area contributed by atoms with E-state index in [0.29, 0.717) is 5.92 Å². The van der Waals surface area contributed by atoms with Gasteiger partial charge < -0.3 is 4.90 Å². The highest BCUT2D eigenvalue weighted by atomic mass is 15.1. The fourth-order valence-corrected chi connectivity index (χ4v) is 1.86. The summed E-state index contributed by atoms with van der Waals surface area (Å²) in [6, 6.07) is 0. The van der Waals surface area contributed by atoms with Crippen LogP contribution in [0.4, 0.5) is 0 Å². The molecule has 0 saturated carbocycles. The molecule has 1 unspecified atom stereocenters. The van der Waals surface area contributed by atoms with E-state index in [2.05, 4.69) is 46.2 Å². The van der Waals surface area contributed by atoms with Crippen LogP contribution in [0.3, 0.4) is 0 Å². The van der Waals surface area contributed by atoms with Crippen molar-refractivity contribution in [3.63, 3.8) is 0 Å². The minimum absolute atomic E-state index is 0.567. The Kier molecular flexibility index (Phi) is 7.54. The van der Waals surface area contributed by atoms with Crippen LogP contribution >= 0.6 is 0 Å². The van der Waals surface area contributed by atoms with E-state index in [-0.39, 0.29) is 0 Å². The molecule has 0 aliphatic heterocycles. The van der Waals surface area contributed by atoms with Crippen LogP contribution in [-0.2, 0) is 0 Å². The molecule has 0 N–H and O–H groups in total. The van der Waals surface area contributed by atoms with Crippen LogP contribution in [-0.4, -0.2) is 18.5 Å². The molecule has 0 radical (unpaired) electrons. The first-order chi connectivity index (χ1) is 6.99. The highest BCUT2D eigenvalue weighted by Crippen LogP contribution is 2.16. The number of rotatable bonds is 8. The summed E-state index contributed by atoms with van der Waals surface area (Å²) in [4.78, 5) is 2.32. The number of hydrogen-bond donors (Lipinski definition) is 0. The molecule has 0 fully saturated rings. The summed E-state index contributed by atoms with van der Waals surface area (Å²) in [6.45, 7) is 14.3. The van der Waals surface area contributed by atoms with Crippen molar-refractivity contribution in [1.82, 2.24) is 4.90 Å². The van der Waals surface area contributed by atoms with Gasteiger partial charge in [-0.3, -0.25) is 0 Å². The van der Waals surface area contributed by atoms with Crippen molar-refractivity contribution >= 4 is 0 Å². The first kappa shape index (κ1) is 14.5. The smallest absolute Gasteiger partial charge is 0.0197 e. The van der Waals surface area contributed by atoms with Crippen LogP contribution in [0.25, 0.3) is 0 Å². The summed E-state index contributed by atoms with van der Waals surface area (Å²) in [5, 5.41) is 0. The Bertz CT molecular complexity index is 172. The molecule has 0 aliphatic carbocycles. The molecule has 0 heterocycles. The van der Waals surface area contributed by atoms with Crippen molar-refractivity contribution in [2.75, 3.05) is 13.6 Å². The van der Waals surface area contributed by atoms with Crippen LogP contribution in [0, 0.1) is 11.8 Å². The third-order valence-electron chi connectivity index (χ3n) is 3.04. The van der Waals surface area contributed by atoms with Crippen molar-refractivity contribution in [2.45, 2.75) is 53.4 Å². The molecule has 0 amide bonds. The molecular formula is C14H29N. The second-order valence-corrected chi connectivity index (χ2v) is 5.13. The fourth-order valence-electron chi connectivity index (χ4n) is 1.86. The second-order valence-electron chi connectivity index (χ2n) is 5.13. The van der Waals surface area contributed by atoms with Crippen molar-refractivity contribution in [2.24, 2.45) is 11.8 Å². The second kappa shape index (κ2) is 7.78. The summed E-state index contributed by atoms with van der Waals surface area (Å²) >= 11 is 0. The van der Waals surface area contributed by atoms with E-state index >= 15 is 0 Å². The summed E-state index contributed by atoms with van der Waals surface area (Å²) in [7, 11) is 2.17. The third kappa shape index (κ3) is 6.59. The monoisotopic (exact) mass is 211 g/mol. The number of hydrogen-bond acceptors (Lipinski definition) is 1. The van der Waals surface area contributed by atoms with E-state index in [0.717, 1.165) is 12.5 Å². The van der Waals surface area contributed by atoms with Gasteiger partial charge in [0.1, 0.15) is 0 Å².